The number of methoxy groups -OCH3 is 1. The highest BCUT2D eigenvalue weighted by molar-refractivity contribution is 6.04. The van der Waals surface area contributed by atoms with E-state index in [-0.39, 0.29) is 5.91 Å². The minimum atomic E-state index is -0.147. The predicted molar refractivity (Wildman–Crippen MR) is 117 cm³/mol. The van der Waals surface area contributed by atoms with E-state index in [1.54, 1.807) is 11.8 Å². The summed E-state index contributed by atoms with van der Waals surface area (Å²) in [5.74, 6) is 0.548. The van der Waals surface area contributed by atoms with Crippen LogP contribution in [-0.2, 0) is 0 Å². The SMILES string of the molecule is COc1nc(-c2ccccc2C)n(-c2ccc(NC(=O)c3ccc(C)cc3)cc2)n1. The number of ether oxygens (including phenoxy) is 1. The van der Waals surface area contributed by atoms with Gasteiger partial charge in [0.2, 0.25) is 0 Å². The lowest BCUT2D eigenvalue weighted by molar-refractivity contribution is 0.102. The van der Waals surface area contributed by atoms with E-state index >= 15 is 0 Å². The molecule has 1 N–H and O–H groups in total. The van der Waals surface area contributed by atoms with E-state index in [9.17, 15) is 4.79 Å². The van der Waals surface area contributed by atoms with Gasteiger partial charge in [0, 0.05) is 16.8 Å². The number of aryl methyl sites for hydroxylation is 2. The number of anilines is 1. The molecule has 0 saturated carbocycles. The lowest BCUT2D eigenvalue weighted by atomic mass is 10.1. The zero-order valence-electron chi connectivity index (χ0n) is 17.1. The topological polar surface area (TPSA) is 69.0 Å². The van der Waals surface area contributed by atoms with Crippen molar-refractivity contribution in [1.29, 1.82) is 0 Å². The molecule has 0 aliphatic carbocycles. The van der Waals surface area contributed by atoms with E-state index in [1.165, 1.54) is 0 Å². The Hall–Kier alpha value is -3.93. The quantitative estimate of drug-likeness (QED) is 0.524. The number of amides is 1. The second kappa shape index (κ2) is 8.21. The highest BCUT2D eigenvalue weighted by Crippen LogP contribution is 2.26. The summed E-state index contributed by atoms with van der Waals surface area (Å²) >= 11 is 0. The molecule has 1 aromatic heterocycles. The Morgan fingerprint density at radius 1 is 0.933 bits per heavy atom. The van der Waals surface area contributed by atoms with Gasteiger partial charge in [0.1, 0.15) is 0 Å². The standard InChI is InChI=1S/C24H22N4O2/c1-16-8-10-18(11-9-16)23(29)25-19-12-14-20(15-13-19)28-22(26-24(27-28)30-3)21-7-5-4-6-17(21)2/h4-15H,1-3H3,(H,25,29). The summed E-state index contributed by atoms with van der Waals surface area (Å²) in [6, 6.07) is 23.2. The first-order valence-corrected chi connectivity index (χ1v) is 9.60. The number of carbonyl (C=O) groups is 1. The third-order valence-corrected chi connectivity index (χ3v) is 4.84. The summed E-state index contributed by atoms with van der Waals surface area (Å²) in [4.78, 5) is 17.0. The van der Waals surface area contributed by atoms with Gasteiger partial charge in [-0.1, -0.05) is 42.0 Å². The summed E-state index contributed by atoms with van der Waals surface area (Å²) in [6.07, 6.45) is 0. The zero-order valence-corrected chi connectivity index (χ0v) is 17.1. The van der Waals surface area contributed by atoms with Crippen molar-refractivity contribution in [1.82, 2.24) is 14.8 Å². The van der Waals surface area contributed by atoms with E-state index in [4.69, 9.17) is 4.74 Å². The van der Waals surface area contributed by atoms with Crippen LogP contribution < -0.4 is 10.1 Å². The molecule has 6 nitrogen and oxygen atoms in total. The molecule has 0 bridgehead atoms. The molecule has 1 heterocycles. The van der Waals surface area contributed by atoms with Crippen molar-refractivity contribution in [2.24, 2.45) is 0 Å². The highest BCUT2D eigenvalue weighted by Gasteiger charge is 2.16. The summed E-state index contributed by atoms with van der Waals surface area (Å²) in [6.45, 7) is 4.02. The van der Waals surface area contributed by atoms with Crippen molar-refractivity contribution < 1.29 is 9.53 Å². The van der Waals surface area contributed by atoms with E-state index in [0.29, 0.717) is 23.1 Å². The van der Waals surface area contributed by atoms with Crippen molar-refractivity contribution in [3.63, 3.8) is 0 Å². The van der Waals surface area contributed by atoms with E-state index in [1.807, 2.05) is 86.6 Å². The van der Waals surface area contributed by atoms with Crippen LogP contribution in [-0.4, -0.2) is 27.8 Å². The maximum atomic E-state index is 12.4. The lowest BCUT2D eigenvalue weighted by Crippen LogP contribution is -2.11. The van der Waals surface area contributed by atoms with Crippen LogP contribution in [0.1, 0.15) is 21.5 Å². The third-order valence-electron chi connectivity index (χ3n) is 4.84. The fourth-order valence-electron chi connectivity index (χ4n) is 3.15. The number of rotatable bonds is 5. The van der Waals surface area contributed by atoms with Gasteiger partial charge in [-0.3, -0.25) is 4.79 Å². The number of aromatic nitrogens is 3. The predicted octanol–water partition coefficient (Wildman–Crippen LogP) is 4.81. The van der Waals surface area contributed by atoms with Gasteiger partial charge in [-0.05, 0) is 55.8 Å². The average Bonchev–Trinajstić information content (AvgIpc) is 3.19. The molecule has 0 radical (unpaired) electrons. The highest BCUT2D eigenvalue weighted by atomic mass is 16.5. The van der Waals surface area contributed by atoms with E-state index in [2.05, 4.69) is 15.4 Å². The van der Waals surface area contributed by atoms with Crippen LogP contribution in [0, 0.1) is 13.8 Å². The first kappa shape index (κ1) is 19.4. The minimum absolute atomic E-state index is 0.147. The summed E-state index contributed by atoms with van der Waals surface area (Å²) in [5, 5.41) is 7.38. The maximum absolute atomic E-state index is 12.4. The van der Waals surface area contributed by atoms with Crippen LogP contribution in [0.2, 0.25) is 0 Å². The molecule has 0 saturated heterocycles. The van der Waals surface area contributed by atoms with Gasteiger partial charge in [-0.25, -0.2) is 4.68 Å². The van der Waals surface area contributed by atoms with Gasteiger partial charge in [0.25, 0.3) is 5.91 Å². The smallest absolute Gasteiger partial charge is 0.336 e. The zero-order chi connectivity index (χ0) is 21.1. The molecular formula is C24H22N4O2. The van der Waals surface area contributed by atoms with Crippen LogP contribution in [0.25, 0.3) is 17.1 Å². The summed E-state index contributed by atoms with van der Waals surface area (Å²) in [7, 11) is 1.55. The van der Waals surface area contributed by atoms with Crippen LogP contribution in [0.15, 0.2) is 72.8 Å². The van der Waals surface area contributed by atoms with Crippen LogP contribution in [0.4, 0.5) is 5.69 Å². The molecule has 30 heavy (non-hydrogen) atoms. The van der Waals surface area contributed by atoms with Gasteiger partial charge >= 0.3 is 6.01 Å². The number of hydrogen-bond acceptors (Lipinski definition) is 4. The second-order valence-electron chi connectivity index (χ2n) is 7.02. The van der Waals surface area contributed by atoms with Gasteiger partial charge in [-0.2, -0.15) is 4.98 Å². The summed E-state index contributed by atoms with van der Waals surface area (Å²) in [5.41, 5.74) is 5.32. The molecule has 0 aliphatic heterocycles. The molecule has 0 atom stereocenters. The third kappa shape index (κ3) is 3.93. The van der Waals surface area contributed by atoms with Gasteiger partial charge in [0.15, 0.2) is 5.82 Å². The van der Waals surface area contributed by atoms with E-state index in [0.717, 1.165) is 22.4 Å². The maximum Gasteiger partial charge on any atom is 0.336 e. The van der Waals surface area contributed by atoms with Crippen LogP contribution in [0.3, 0.4) is 0 Å². The van der Waals surface area contributed by atoms with Crippen molar-refractivity contribution in [3.05, 3.63) is 89.5 Å². The fourth-order valence-corrected chi connectivity index (χ4v) is 3.15. The summed E-state index contributed by atoms with van der Waals surface area (Å²) < 4.78 is 6.99. The normalized spacial score (nSPS) is 10.6. The van der Waals surface area contributed by atoms with Crippen molar-refractivity contribution in [3.8, 4) is 23.1 Å². The number of hydrogen-bond donors (Lipinski definition) is 1. The molecule has 1 amide bonds. The Morgan fingerprint density at radius 3 is 2.30 bits per heavy atom. The Kier molecular flexibility index (Phi) is 5.30. The van der Waals surface area contributed by atoms with Crippen molar-refractivity contribution in [2.45, 2.75) is 13.8 Å². The fraction of sp³-hybridized carbons (Fsp3) is 0.125. The number of benzene rings is 3. The lowest BCUT2D eigenvalue weighted by Gasteiger charge is -2.10. The molecule has 3 aromatic carbocycles. The van der Waals surface area contributed by atoms with Crippen LogP contribution in [0.5, 0.6) is 6.01 Å². The molecule has 4 aromatic rings. The molecule has 4 rings (SSSR count). The molecular weight excluding hydrogens is 376 g/mol. The Morgan fingerprint density at radius 2 is 1.63 bits per heavy atom. The number of nitrogens with one attached hydrogen (secondary N) is 1. The Bertz CT molecular complexity index is 1180. The molecule has 6 heteroatoms. The minimum Gasteiger partial charge on any atom is -0.466 e. The average molecular weight is 398 g/mol. The Labute approximate surface area is 175 Å². The number of carbonyl (C=O) groups excluding carboxylic acids is 1. The molecule has 0 aliphatic rings. The second-order valence-corrected chi connectivity index (χ2v) is 7.02. The first-order valence-electron chi connectivity index (χ1n) is 9.60. The van der Waals surface area contributed by atoms with Gasteiger partial charge in [0.05, 0.1) is 12.8 Å². The Balaban J connectivity index is 1.61. The molecule has 0 unspecified atom stereocenters. The first-order chi connectivity index (χ1) is 14.5. The van der Waals surface area contributed by atoms with Crippen LogP contribution >= 0.6 is 0 Å². The monoisotopic (exact) mass is 398 g/mol. The molecule has 0 spiro atoms. The van der Waals surface area contributed by atoms with Gasteiger partial charge in [-0.15, -0.1) is 5.10 Å². The molecule has 0 fully saturated rings. The number of nitrogens with zero attached hydrogens (tertiary/aromatic N) is 3. The van der Waals surface area contributed by atoms with Crippen molar-refractivity contribution in [2.75, 3.05) is 12.4 Å². The van der Waals surface area contributed by atoms with Gasteiger partial charge < -0.3 is 10.1 Å². The largest absolute Gasteiger partial charge is 0.466 e. The van der Waals surface area contributed by atoms with Crippen molar-refractivity contribution >= 4 is 11.6 Å². The van der Waals surface area contributed by atoms with E-state index < -0.39 is 0 Å². The molecule has 150 valence electrons.